The predicted molar refractivity (Wildman–Crippen MR) is 77.0 cm³/mol. The van der Waals surface area contributed by atoms with Crippen LogP contribution in [-0.4, -0.2) is 51.2 Å². The molecule has 0 aliphatic rings. The molecule has 0 aliphatic heterocycles. The molecule has 6 nitrogen and oxygen atoms in total. The lowest BCUT2D eigenvalue weighted by Crippen LogP contribution is -2.28. The van der Waals surface area contributed by atoms with Crippen LogP contribution in [0.2, 0.25) is 0 Å². The minimum absolute atomic E-state index is 0.199. The van der Waals surface area contributed by atoms with Gasteiger partial charge in [-0.1, -0.05) is 0 Å². The highest BCUT2D eigenvalue weighted by Gasteiger charge is 2.06. The molecule has 1 aromatic rings. The van der Waals surface area contributed by atoms with E-state index in [1.165, 1.54) is 0 Å². The van der Waals surface area contributed by atoms with E-state index in [2.05, 4.69) is 5.32 Å². The van der Waals surface area contributed by atoms with E-state index in [1.807, 2.05) is 19.0 Å². The number of nitrogens with two attached hydrogens (primary N) is 2. The Morgan fingerprint density at radius 2 is 1.84 bits per heavy atom. The summed E-state index contributed by atoms with van der Waals surface area (Å²) in [6.07, 6.45) is 0. The lowest BCUT2D eigenvalue weighted by atomic mass is 10.1. The molecular weight excluding hydrogens is 244 g/mol. The van der Waals surface area contributed by atoms with Crippen LogP contribution in [0.1, 0.15) is 10.4 Å². The summed E-state index contributed by atoms with van der Waals surface area (Å²) < 4.78 is 5.37. The fraction of sp³-hybridized carbons (Fsp3) is 0.462. The first-order valence-electron chi connectivity index (χ1n) is 6.16. The van der Waals surface area contributed by atoms with Crippen molar-refractivity contribution in [2.75, 3.05) is 51.9 Å². The van der Waals surface area contributed by atoms with Crippen LogP contribution in [-0.2, 0) is 4.74 Å². The summed E-state index contributed by atoms with van der Waals surface area (Å²) in [4.78, 5) is 13.8. The second kappa shape index (κ2) is 7.60. The molecule has 19 heavy (non-hydrogen) atoms. The summed E-state index contributed by atoms with van der Waals surface area (Å²) in [5.41, 5.74) is 12.7. The highest BCUT2D eigenvalue weighted by molar-refractivity contribution is 5.96. The maximum Gasteiger partial charge on any atom is 0.251 e. The second-order valence-electron chi connectivity index (χ2n) is 4.56. The molecule has 0 atom stereocenters. The Labute approximate surface area is 113 Å². The smallest absolute Gasteiger partial charge is 0.251 e. The molecule has 0 aliphatic carbocycles. The molecular formula is C13H22N4O2. The number of rotatable bonds is 7. The van der Waals surface area contributed by atoms with Gasteiger partial charge in [-0.15, -0.1) is 0 Å². The number of nitrogen functional groups attached to an aromatic ring is 2. The number of anilines is 2. The number of benzene rings is 1. The molecule has 0 spiro atoms. The molecule has 0 saturated heterocycles. The number of carbonyl (C=O) groups is 1. The fourth-order valence-corrected chi connectivity index (χ4v) is 1.50. The van der Waals surface area contributed by atoms with Crippen LogP contribution < -0.4 is 16.8 Å². The third-order valence-corrected chi connectivity index (χ3v) is 2.45. The van der Waals surface area contributed by atoms with Gasteiger partial charge in [0, 0.05) is 30.0 Å². The minimum Gasteiger partial charge on any atom is -0.399 e. The molecule has 0 heterocycles. The van der Waals surface area contributed by atoms with Crippen molar-refractivity contribution in [3.63, 3.8) is 0 Å². The van der Waals surface area contributed by atoms with Crippen LogP contribution in [0.4, 0.5) is 11.4 Å². The quantitative estimate of drug-likeness (QED) is 0.483. The summed E-state index contributed by atoms with van der Waals surface area (Å²) in [5, 5.41) is 2.75. The van der Waals surface area contributed by atoms with E-state index < -0.39 is 0 Å². The van der Waals surface area contributed by atoms with E-state index in [0.29, 0.717) is 36.7 Å². The number of nitrogens with one attached hydrogen (secondary N) is 1. The Hall–Kier alpha value is -1.79. The predicted octanol–water partition coefficient (Wildman–Crippen LogP) is 0.159. The molecule has 1 aromatic carbocycles. The van der Waals surface area contributed by atoms with E-state index in [4.69, 9.17) is 16.2 Å². The zero-order valence-corrected chi connectivity index (χ0v) is 11.5. The summed E-state index contributed by atoms with van der Waals surface area (Å²) >= 11 is 0. The van der Waals surface area contributed by atoms with Gasteiger partial charge in [-0.3, -0.25) is 4.79 Å². The molecule has 0 fully saturated rings. The molecule has 0 radical (unpaired) electrons. The highest BCUT2D eigenvalue weighted by atomic mass is 16.5. The van der Waals surface area contributed by atoms with Crippen LogP contribution in [0.3, 0.4) is 0 Å². The Kier molecular flexibility index (Phi) is 6.11. The monoisotopic (exact) mass is 266 g/mol. The van der Waals surface area contributed by atoms with Gasteiger partial charge in [0.05, 0.1) is 13.2 Å². The van der Waals surface area contributed by atoms with Crippen molar-refractivity contribution in [2.24, 2.45) is 0 Å². The van der Waals surface area contributed by atoms with E-state index in [0.717, 1.165) is 6.54 Å². The van der Waals surface area contributed by atoms with Crippen LogP contribution in [0.25, 0.3) is 0 Å². The van der Waals surface area contributed by atoms with Crippen LogP contribution in [0, 0.1) is 0 Å². The Balaban J connectivity index is 2.27. The van der Waals surface area contributed by atoms with Gasteiger partial charge in [0.1, 0.15) is 0 Å². The van der Waals surface area contributed by atoms with Crippen molar-refractivity contribution in [1.29, 1.82) is 0 Å². The average Bonchev–Trinajstić information content (AvgIpc) is 2.31. The Morgan fingerprint density at radius 1 is 1.21 bits per heavy atom. The summed E-state index contributed by atoms with van der Waals surface area (Å²) in [6, 6.07) is 4.80. The van der Waals surface area contributed by atoms with Gasteiger partial charge in [-0.2, -0.15) is 0 Å². The standard InChI is InChI=1S/C13H22N4O2/c1-17(2)4-6-19-5-3-16-13(18)10-7-11(14)9-12(15)8-10/h7-9H,3-6,14-15H2,1-2H3,(H,16,18). The number of hydrogen-bond acceptors (Lipinski definition) is 5. The van der Waals surface area contributed by atoms with Gasteiger partial charge in [0.2, 0.25) is 0 Å². The lowest BCUT2D eigenvalue weighted by molar-refractivity contribution is 0.0900. The number of amides is 1. The summed E-state index contributed by atoms with van der Waals surface area (Å²) in [6.45, 7) is 2.45. The SMILES string of the molecule is CN(C)CCOCCNC(=O)c1cc(N)cc(N)c1. The molecule has 5 N–H and O–H groups in total. The normalized spacial score (nSPS) is 10.7. The largest absolute Gasteiger partial charge is 0.399 e. The number of hydrogen-bond donors (Lipinski definition) is 3. The van der Waals surface area contributed by atoms with Crippen molar-refractivity contribution in [2.45, 2.75) is 0 Å². The van der Waals surface area contributed by atoms with Crippen LogP contribution in [0.5, 0.6) is 0 Å². The highest BCUT2D eigenvalue weighted by Crippen LogP contribution is 2.13. The van der Waals surface area contributed by atoms with Gasteiger partial charge in [-0.25, -0.2) is 0 Å². The van der Waals surface area contributed by atoms with E-state index >= 15 is 0 Å². The number of ether oxygens (including phenoxy) is 1. The third kappa shape index (κ3) is 6.08. The summed E-state index contributed by atoms with van der Waals surface area (Å²) in [7, 11) is 3.96. The van der Waals surface area contributed by atoms with Gasteiger partial charge in [0.25, 0.3) is 5.91 Å². The molecule has 0 aromatic heterocycles. The van der Waals surface area contributed by atoms with E-state index in [1.54, 1.807) is 18.2 Å². The van der Waals surface area contributed by atoms with Crippen molar-refractivity contribution in [3.05, 3.63) is 23.8 Å². The molecule has 106 valence electrons. The van der Waals surface area contributed by atoms with Crippen molar-refractivity contribution < 1.29 is 9.53 Å². The zero-order valence-electron chi connectivity index (χ0n) is 11.5. The molecule has 1 amide bonds. The van der Waals surface area contributed by atoms with Crippen LogP contribution in [0.15, 0.2) is 18.2 Å². The summed E-state index contributed by atoms with van der Waals surface area (Å²) in [5.74, 6) is -0.199. The van der Waals surface area contributed by atoms with Gasteiger partial charge in [0.15, 0.2) is 0 Å². The first-order chi connectivity index (χ1) is 8.99. The fourth-order valence-electron chi connectivity index (χ4n) is 1.50. The maximum absolute atomic E-state index is 11.8. The maximum atomic E-state index is 11.8. The molecule has 6 heteroatoms. The number of likely N-dealkylation sites (N-methyl/N-ethyl adjacent to an activating group) is 1. The third-order valence-electron chi connectivity index (χ3n) is 2.45. The van der Waals surface area contributed by atoms with Crippen molar-refractivity contribution in [1.82, 2.24) is 10.2 Å². The van der Waals surface area contributed by atoms with Crippen molar-refractivity contribution in [3.8, 4) is 0 Å². The number of nitrogens with zero attached hydrogens (tertiary/aromatic N) is 1. The Morgan fingerprint density at radius 3 is 2.42 bits per heavy atom. The molecule has 1 rings (SSSR count). The molecule has 0 unspecified atom stereocenters. The minimum atomic E-state index is -0.199. The zero-order chi connectivity index (χ0) is 14.3. The average molecular weight is 266 g/mol. The number of carbonyl (C=O) groups excluding carboxylic acids is 1. The lowest BCUT2D eigenvalue weighted by Gasteiger charge is -2.10. The van der Waals surface area contributed by atoms with E-state index in [-0.39, 0.29) is 5.91 Å². The first-order valence-corrected chi connectivity index (χ1v) is 6.16. The molecule has 0 bridgehead atoms. The van der Waals surface area contributed by atoms with Gasteiger partial charge in [-0.05, 0) is 32.3 Å². The second-order valence-corrected chi connectivity index (χ2v) is 4.56. The van der Waals surface area contributed by atoms with Gasteiger partial charge < -0.3 is 26.4 Å². The van der Waals surface area contributed by atoms with E-state index in [9.17, 15) is 4.79 Å². The Bertz CT molecular complexity index is 401. The topological polar surface area (TPSA) is 93.6 Å². The van der Waals surface area contributed by atoms with Gasteiger partial charge >= 0.3 is 0 Å². The first kappa shape index (κ1) is 15.3. The van der Waals surface area contributed by atoms with Crippen molar-refractivity contribution >= 4 is 17.3 Å². The molecule has 0 saturated carbocycles. The van der Waals surface area contributed by atoms with Crippen LogP contribution >= 0.6 is 0 Å².